The lowest BCUT2D eigenvalue weighted by Gasteiger charge is -2.17. The van der Waals surface area contributed by atoms with Crippen molar-refractivity contribution in [3.05, 3.63) is 53.5 Å². The van der Waals surface area contributed by atoms with E-state index in [0.29, 0.717) is 17.1 Å². The van der Waals surface area contributed by atoms with Crippen molar-refractivity contribution in [3.8, 4) is 0 Å². The van der Waals surface area contributed by atoms with Crippen molar-refractivity contribution >= 4 is 35.4 Å². The van der Waals surface area contributed by atoms with Crippen LogP contribution in [0.5, 0.6) is 0 Å². The third-order valence-corrected chi connectivity index (χ3v) is 5.47. The Morgan fingerprint density at radius 3 is 2.68 bits per heavy atom. The van der Waals surface area contributed by atoms with Gasteiger partial charge < -0.3 is 14.8 Å². The van der Waals surface area contributed by atoms with Crippen LogP contribution in [0.3, 0.4) is 0 Å². The molecule has 0 aliphatic carbocycles. The van der Waals surface area contributed by atoms with Crippen LogP contribution in [-0.4, -0.2) is 35.0 Å². The molecule has 1 amide bonds. The predicted octanol–water partition coefficient (Wildman–Crippen LogP) is 4.14. The quantitative estimate of drug-likeness (QED) is 0.638. The number of furan rings is 1. The van der Waals surface area contributed by atoms with Gasteiger partial charge in [0.2, 0.25) is 0 Å². The maximum atomic E-state index is 12.6. The summed E-state index contributed by atoms with van der Waals surface area (Å²) in [6.45, 7) is 2.05. The van der Waals surface area contributed by atoms with E-state index >= 15 is 0 Å². The fraction of sp³-hybridized carbons (Fsp3) is 0.333. The number of hydrogen-bond donors (Lipinski definition) is 2. The van der Waals surface area contributed by atoms with Gasteiger partial charge in [-0.2, -0.15) is 11.8 Å². The summed E-state index contributed by atoms with van der Waals surface area (Å²) in [6, 6.07) is 8.89. The summed E-state index contributed by atoms with van der Waals surface area (Å²) in [5, 5.41) is 12.2. The van der Waals surface area contributed by atoms with Gasteiger partial charge in [-0.1, -0.05) is 19.1 Å². The van der Waals surface area contributed by atoms with Crippen molar-refractivity contribution in [2.24, 2.45) is 0 Å². The fourth-order valence-electron chi connectivity index (χ4n) is 2.29. The van der Waals surface area contributed by atoms with Gasteiger partial charge in [-0.15, -0.1) is 11.8 Å². The zero-order valence-corrected chi connectivity index (χ0v) is 15.8. The SMILES string of the molecule is CCC(CSC)NC(=O)c1ccccc1SCc1occc1C(=O)O. The van der Waals surface area contributed by atoms with Gasteiger partial charge in [0.05, 0.1) is 17.6 Å². The Balaban J connectivity index is 2.10. The number of hydrogen-bond acceptors (Lipinski definition) is 5. The standard InChI is InChI=1S/C18H21NO4S2/c1-3-12(10-24-2)19-17(20)14-6-4-5-7-16(14)25-11-15-13(18(21)22)8-9-23-15/h4-9,12H,3,10-11H2,1-2H3,(H,19,20)(H,21,22). The molecule has 134 valence electrons. The number of nitrogens with one attached hydrogen (secondary N) is 1. The van der Waals surface area contributed by atoms with Crippen LogP contribution in [0.4, 0.5) is 0 Å². The number of benzene rings is 1. The van der Waals surface area contributed by atoms with Crippen molar-refractivity contribution in [3.63, 3.8) is 0 Å². The van der Waals surface area contributed by atoms with Crippen molar-refractivity contribution < 1.29 is 19.1 Å². The van der Waals surface area contributed by atoms with Crippen molar-refractivity contribution in [2.75, 3.05) is 12.0 Å². The van der Waals surface area contributed by atoms with Crippen LogP contribution in [0.1, 0.15) is 39.8 Å². The number of carboxylic acids is 1. The molecule has 0 saturated heterocycles. The summed E-state index contributed by atoms with van der Waals surface area (Å²) >= 11 is 3.09. The molecule has 0 bridgehead atoms. The van der Waals surface area contributed by atoms with Gasteiger partial charge >= 0.3 is 5.97 Å². The normalized spacial score (nSPS) is 11.9. The Morgan fingerprint density at radius 2 is 2.00 bits per heavy atom. The minimum absolute atomic E-state index is 0.109. The fourth-order valence-corrected chi connectivity index (χ4v) is 4.01. The minimum atomic E-state index is -1.02. The van der Waals surface area contributed by atoms with Gasteiger partial charge in [0.25, 0.3) is 5.91 Å². The number of rotatable bonds is 9. The summed E-state index contributed by atoms with van der Waals surface area (Å²) in [5.41, 5.74) is 0.746. The Labute approximate surface area is 155 Å². The topological polar surface area (TPSA) is 79.5 Å². The van der Waals surface area contributed by atoms with E-state index < -0.39 is 5.97 Å². The summed E-state index contributed by atoms with van der Waals surface area (Å²) in [5.74, 6) is 0.481. The molecule has 1 heterocycles. The lowest BCUT2D eigenvalue weighted by Crippen LogP contribution is -2.36. The van der Waals surface area contributed by atoms with Gasteiger partial charge in [0.1, 0.15) is 11.3 Å². The molecule has 0 spiro atoms. The molecule has 0 aliphatic rings. The summed E-state index contributed by atoms with van der Waals surface area (Å²) < 4.78 is 5.26. The van der Waals surface area contributed by atoms with Crippen LogP contribution in [0.15, 0.2) is 45.9 Å². The molecule has 0 radical (unpaired) electrons. The molecule has 2 aromatic rings. The van der Waals surface area contributed by atoms with Crippen LogP contribution >= 0.6 is 23.5 Å². The molecule has 7 heteroatoms. The van der Waals surface area contributed by atoms with Crippen LogP contribution in [-0.2, 0) is 5.75 Å². The first kappa shape index (κ1) is 19.5. The largest absolute Gasteiger partial charge is 0.478 e. The first-order valence-corrected chi connectivity index (χ1v) is 10.3. The average Bonchev–Trinajstić information content (AvgIpc) is 3.08. The van der Waals surface area contributed by atoms with E-state index in [-0.39, 0.29) is 17.5 Å². The number of carboxylic acid groups (broad SMARTS) is 1. The van der Waals surface area contributed by atoms with E-state index in [1.165, 1.54) is 24.1 Å². The lowest BCUT2D eigenvalue weighted by molar-refractivity contribution is 0.0694. The Kier molecular flexibility index (Phi) is 7.46. The molecule has 0 aliphatic heterocycles. The summed E-state index contributed by atoms with van der Waals surface area (Å²) in [6.07, 6.45) is 4.25. The molecule has 5 nitrogen and oxygen atoms in total. The second-order valence-electron chi connectivity index (χ2n) is 5.38. The smallest absolute Gasteiger partial charge is 0.339 e. The highest BCUT2D eigenvalue weighted by atomic mass is 32.2. The summed E-state index contributed by atoms with van der Waals surface area (Å²) in [7, 11) is 0. The first-order chi connectivity index (χ1) is 12.1. The molecule has 1 aromatic carbocycles. The maximum absolute atomic E-state index is 12.6. The minimum Gasteiger partial charge on any atom is -0.478 e. The molecule has 1 atom stereocenters. The van der Waals surface area contributed by atoms with Gasteiger partial charge in [0.15, 0.2) is 0 Å². The van der Waals surface area contributed by atoms with E-state index in [4.69, 9.17) is 9.52 Å². The highest BCUT2D eigenvalue weighted by molar-refractivity contribution is 7.98. The molecule has 1 unspecified atom stereocenters. The number of aromatic carboxylic acids is 1. The van der Waals surface area contributed by atoms with E-state index in [1.54, 1.807) is 17.8 Å². The van der Waals surface area contributed by atoms with Crippen LogP contribution in [0.25, 0.3) is 0 Å². The molecule has 1 aromatic heterocycles. The molecule has 0 saturated carbocycles. The highest BCUT2D eigenvalue weighted by Gasteiger charge is 2.17. The van der Waals surface area contributed by atoms with Crippen LogP contribution < -0.4 is 5.32 Å². The molecule has 2 rings (SSSR count). The lowest BCUT2D eigenvalue weighted by atomic mass is 10.2. The zero-order valence-electron chi connectivity index (χ0n) is 14.2. The third kappa shape index (κ3) is 5.31. The van der Waals surface area contributed by atoms with E-state index in [1.807, 2.05) is 31.4 Å². The second-order valence-corrected chi connectivity index (χ2v) is 7.31. The highest BCUT2D eigenvalue weighted by Crippen LogP contribution is 2.28. The summed E-state index contributed by atoms with van der Waals surface area (Å²) in [4.78, 5) is 24.5. The van der Waals surface area contributed by atoms with E-state index in [0.717, 1.165) is 17.1 Å². The van der Waals surface area contributed by atoms with Crippen molar-refractivity contribution in [1.82, 2.24) is 5.32 Å². The second kappa shape index (κ2) is 9.58. The Bertz CT molecular complexity index is 729. The molecule has 25 heavy (non-hydrogen) atoms. The van der Waals surface area contributed by atoms with Gasteiger partial charge in [0, 0.05) is 16.7 Å². The number of carbonyl (C=O) groups is 2. The number of thioether (sulfide) groups is 2. The van der Waals surface area contributed by atoms with Crippen LogP contribution in [0.2, 0.25) is 0 Å². The molecular weight excluding hydrogens is 358 g/mol. The molecular formula is C18H21NO4S2. The van der Waals surface area contributed by atoms with Gasteiger partial charge in [-0.3, -0.25) is 4.79 Å². The number of amides is 1. The third-order valence-electron chi connectivity index (χ3n) is 3.66. The Hall–Kier alpha value is -1.86. The zero-order chi connectivity index (χ0) is 18.2. The number of carbonyl (C=O) groups excluding carboxylic acids is 1. The van der Waals surface area contributed by atoms with Crippen LogP contribution in [0, 0.1) is 0 Å². The predicted molar refractivity (Wildman–Crippen MR) is 102 cm³/mol. The molecule has 2 N–H and O–H groups in total. The average molecular weight is 380 g/mol. The van der Waals surface area contributed by atoms with Gasteiger partial charge in [-0.25, -0.2) is 4.79 Å². The molecule has 0 fully saturated rings. The maximum Gasteiger partial charge on any atom is 0.339 e. The first-order valence-electron chi connectivity index (χ1n) is 7.88. The van der Waals surface area contributed by atoms with Crippen molar-refractivity contribution in [2.45, 2.75) is 30.0 Å². The van der Waals surface area contributed by atoms with Gasteiger partial charge in [-0.05, 0) is 30.9 Å². The van der Waals surface area contributed by atoms with E-state index in [9.17, 15) is 9.59 Å². The van der Waals surface area contributed by atoms with Crippen molar-refractivity contribution in [1.29, 1.82) is 0 Å². The Morgan fingerprint density at radius 1 is 1.24 bits per heavy atom. The monoisotopic (exact) mass is 379 g/mol. The van der Waals surface area contributed by atoms with E-state index in [2.05, 4.69) is 5.32 Å².